The third-order valence-corrected chi connectivity index (χ3v) is 4.71. The van der Waals surface area contributed by atoms with E-state index in [9.17, 15) is 4.79 Å². The number of Topliss-reactive ketones (excluding diaryl/α,β-unsaturated/α-hetero) is 1. The van der Waals surface area contributed by atoms with Crippen LogP contribution >= 0.6 is 23.2 Å². The molecule has 1 aliphatic rings. The van der Waals surface area contributed by atoms with E-state index in [1.165, 1.54) is 25.7 Å². The number of rotatable bonds is 5. The van der Waals surface area contributed by atoms with Crippen LogP contribution in [-0.2, 0) is 0 Å². The number of ketones is 1. The minimum Gasteiger partial charge on any atom is -0.303 e. The molecule has 1 fully saturated rings. The Morgan fingerprint density at radius 2 is 2.00 bits per heavy atom. The molecule has 19 heavy (non-hydrogen) atoms. The van der Waals surface area contributed by atoms with Crippen molar-refractivity contribution in [3.8, 4) is 0 Å². The third-order valence-electron chi connectivity index (χ3n) is 3.89. The molecule has 0 saturated heterocycles. The van der Waals surface area contributed by atoms with Crippen molar-refractivity contribution in [3.63, 3.8) is 0 Å². The van der Waals surface area contributed by atoms with Gasteiger partial charge in [-0.3, -0.25) is 4.79 Å². The van der Waals surface area contributed by atoms with Gasteiger partial charge in [0.2, 0.25) is 0 Å². The summed E-state index contributed by atoms with van der Waals surface area (Å²) < 4.78 is 0. The van der Waals surface area contributed by atoms with Crippen molar-refractivity contribution < 1.29 is 4.79 Å². The minimum atomic E-state index is 0.0670. The Morgan fingerprint density at radius 3 is 2.68 bits per heavy atom. The molecule has 0 spiro atoms. The summed E-state index contributed by atoms with van der Waals surface area (Å²) in [6, 6.07) is 5.85. The lowest BCUT2D eigenvalue weighted by molar-refractivity contribution is 0.0961. The maximum Gasteiger partial charge on any atom is 0.165 e. The maximum absolute atomic E-state index is 12.2. The van der Waals surface area contributed by atoms with Gasteiger partial charge >= 0.3 is 0 Å². The van der Waals surface area contributed by atoms with Crippen molar-refractivity contribution in [2.75, 3.05) is 13.6 Å². The van der Waals surface area contributed by atoms with Crippen molar-refractivity contribution in [1.82, 2.24) is 4.90 Å². The lowest BCUT2D eigenvalue weighted by Crippen LogP contribution is -2.31. The van der Waals surface area contributed by atoms with Crippen LogP contribution in [0.4, 0.5) is 0 Å². The summed E-state index contributed by atoms with van der Waals surface area (Å²) in [5, 5.41) is 0.814. The lowest BCUT2D eigenvalue weighted by Gasteiger charge is -2.23. The van der Waals surface area contributed by atoms with Crippen LogP contribution in [0.1, 0.15) is 42.5 Å². The average molecular weight is 300 g/mol. The van der Waals surface area contributed by atoms with Crippen LogP contribution in [0.15, 0.2) is 18.2 Å². The van der Waals surface area contributed by atoms with Crippen LogP contribution in [-0.4, -0.2) is 30.3 Å². The highest BCUT2D eigenvalue weighted by molar-refractivity contribution is 6.43. The van der Waals surface area contributed by atoms with Gasteiger partial charge in [0.1, 0.15) is 0 Å². The number of halogens is 2. The smallest absolute Gasteiger partial charge is 0.165 e. The normalized spacial score (nSPS) is 16.2. The highest BCUT2D eigenvalue weighted by Gasteiger charge is 2.20. The van der Waals surface area contributed by atoms with Crippen LogP contribution in [0.25, 0.3) is 0 Å². The molecule has 1 aromatic rings. The Labute approximate surface area is 124 Å². The first-order chi connectivity index (χ1) is 9.09. The summed E-state index contributed by atoms with van der Waals surface area (Å²) in [6.07, 6.45) is 5.62. The van der Waals surface area contributed by atoms with E-state index in [0.717, 1.165) is 6.54 Å². The van der Waals surface area contributed by atoms with Crippen molar-refractivity contribution in [3.05, 3.63) is 33.8 Å². The van der Waals surface area contributed by atoms with E-state index < -0.39 is 0 Å². The molecule has 0 aliphatic heterocycles. The topological polar surface area (TPSA) is 20.3 Å². The van der Waals surface area contributed by atoms with Crippen LogP contribution in [0.3, 0.4) is 0 Å². The molecule has 2 nitrogen and oxygen atoms in total. The van der Waals surface area contributed by atoms with Gasteiger partial charge in [0.25, 0.3) is 0 Å². The number of hydrogen-bond acceptors (Lipinski definition) is 2. The quantitative estimate of drug-likeness (QED) is 0.749. The maximum atomic E-state index is 12.2. The van der Waals surface area contributed by atoms with E-state index in [4.69, 9.17) is 23.2 Å². The predicted molar refractivity (Wildman–Crippen MR) is 80.3 cm³/mol. The molecule has 0 atom stereocenters. The number of carbonyl (C=O) groups is 1. The molecule has 0 N–H and O–H groups in total. The Kier molecular flexibility index (Phi) is 5.26. The first kappa shape index (κ1) is 14.8. The largest absolute Gasteiger partial charge is 0.303 e. The highest BCUT2D eigenvalue weighted by atomic mass is 35.5. The number of nitrogens with zero attached hydrogens (tertiary/aromatic N) is 1. The molecule has 0 unspecified atom stereocenters. The molecule has 0 amide bonds. The molecule has 0 bridgehead atoms. The van der Waals surface area contributed by atoms with Gasteiger partial charge in [0.05, 0.1) is 10.0 Å². The fourth-order valence-corrected chi connectivity index (χ4v) is 3.07. The van der Waals surface area contributed by atoms with E-state index >= 15 is 0 Å². The first-order valence-electron chi connectivity index (χ1n) is 6.77. The van der Waals surface area contributed by atoms with Crippen LogP contribution in [0.5, 0.6) is 0 Å². The van der Waals surface area contributed by atoms with Crippen molar-refractivity contribution in [1.29, 1.82) is 0 Å². The van der Waals surface area contributed by atoms with E-state index in [1.54, 1.807) is 18.2 Å². The molecule has 1 aliphatic carbocycles. The summed E-state index contributed by atoms with van der Waals surface area (Å²) in [6.45, 7) is 0.784. The number of benzene rings is 1. The van der Waals surface area contributed by atoms with E-state index in [1.807, 2.05) is 0 Å². The van der Waals surface area contributed by atoms with Gasteiger partial charge in [-0.25, -0.2) is 0 Å². The van der Waals surface area contributed by atoms with Gasteiger partial charge in [-0.2, -0.15) is 0 Å². The highest BCUT2D eigenvalue weighted by Crippen LogP contribution is 2.27. The van der Waals surface area contributed by atoms with Gasteiger partial charge in [-0.15, -0.1) is 0 Å². The molecular weight excluding hydrogens is 281 g/mol. The van der Waals surface area contributed by atoms with Gasteiger partial charge in [0, 0.05) is 24.6 Å². The fraction of sp³-hybridized carbons (Fsp3) is 0.533. The second-order valence-corrected chi connectivity index (χ2v) is 5.98. The van der Waals surface area contributed by atoms with Crippen LogP contribution in [0.2, 0.25) is 10.0 Å². The fourth-order valence-electron chi connectivity index (χ4n) is 2.66. The Balaban J connectivity index is 1.92. The van der Waals surface area contributed by atoms with Crippen molar-refractivity contribution >= 4 is 29.0 Å². The van der Waals surface area contributed by atoms with Gasteiger partial charge < -0.3 is 4.90 Å². The molecule has 0 radical (unpaired) electrons. The summed E-state index contributed by atoms with van der Waals surface area (Å²) >= 11 is 12.0. The zero-order valence-electron chi connectivity index (χ0n) is 11.2. The molecule has 0 heterocycles. The van der Waals surface area contributed by atoms with E-state index in [2.05, 4.69) is 11.9 Å². The van der Waals surface area contributed by atoms with Gasteiger partial charge in [-0.05, 0) is 32.0 Å². The van der Waals surface area contributed by atoms with E-state index in [-0.39, 0.29) is 5.78 Å². The molecule has 4 heteroatoms. The molecule has 0 aromatic heterocycles. The average Bonchev–Trinajstić information content (AvgIpc) is 2.93. The summed E-state index contributed by atoms with van der Waals surface area (Å²) in [7, 11) is 2.10. The second-order valence-electron chi connectivity index (χ2n) is 5.19. The summed E-state index contributed by atoms with van der Waals surface area (Å²) in [4.78, 5) is 14.5. The second kappa shape index (κ2) is 6.74. The van der Waals surface area contributed by atoms with Crippen molar-refractivity contribution in [2.24, 2.45) is 0 Å². The zero-order chi connectivity index (χ0) is 13.8. The van der Waals surface area contributed by atoms with Crippen molar-refractivity contribution in [2.45, 2.75) is 38.1 Å². The Morgan fingerprint density at radius 1 is 1.32 bits per heavy atom. The molecule has 1 aromatic carbocycles. The number of carbonyl (C=O) groups excluding carboxylic acids is 1. The standard InChI is InChI=1S/C15H19Cl2NO/c1-18(11-5-2-3-6-11)10-9-14(19)12-7-4-8-13(16)15(12)17/h4,7-8,11H,2-3,5-6,9-10H2,1H3. The summed E-state index contributed by atoms with van der Waals surface area (Å²) in [5.74, 6) is 0.0670. The van der Waals surface area contributed by atoms with Gasteiger partial charge in [-0.1, -0.05) is 42.1 Å². The lowest BCUT2D eigenvalue weighted by atomic mass is 10.1. The molecule has 104 valence electrons. The molecule has 2 rings (SSSR count). The monoisotopic (exact) mass is 299 g/mol. The first-order valence-corrected chi connectivity index (χ1v) is 7.52. The third kappa shape index (κ3) is 3.71. The predicted octanol–water partition coefficient (Wildman–Crippen LogP) is 4.44. The van der Waals surface area contributed by atoms with Crippen LogP contribution < -0.4 is 0 Å². The Bertz CT molecular complexity index is 455. The van der Waals surface area contributed by atoms with E-state index in [0.29, 0.717) is 28.1 Å². The SMILES string of the molecule is CN(CCC(=O)c1cccc(Cl)c1Cl)C1CCCC1. The van der Waals surface area contributed by atoms with Crippen LogP contribution in [0, 0.1) is 0 Å². The summed E-state index contributed by atoms with van der Waals surface area (Å²) in [5.41, 5.74) is 0.536. The zero-order valence-corrected chi connectivity index (χ0v) is 12.7. The molecular formula is C15H19Cl2NO. The molecule has 1 saturated carbocycles. The number of hydrogen-bond donors (Lipinski definition) is 0. The minimum absolute atomic E-state index is 0.0670. The van der Waals surface area contributed by atoms with Gasteiger partial charge in [0.15, 0.2) is 5.78 Å². The Hall–Kier alpha value is -0.570.